The predicted octanol–water partition coefficient (Wildman–Crippen LogP) is 2.61. The van der Waals surface area contributed by atoms with Crippen LogP contribution in [0.1, 0.15) is 31.5 Å². The fourth-order valence-corrected chi connectivity index (χ4v) is 3.39. The van der Waals surface area contributed by atoms with Gasteiger partial charge in [-0.2, -0.15) is 0 Å². The molecule has 0 bridgehead atoms. The van der Waals surface area contributed by atoms with Gasteiger partial charge in [0.15, 0.2) is 28.8 Å². The molecule has 178 valence electrons. The number of carbonyl (C=O) groups is 1. The molecule has 2 N–H and O–H groups in total. The number of aryl methyl sites for hydroxylation is 1. The van der Waals surface area contributed by atoms with Crippen molar-refractivity contribution in [3.05, 3.63) is 58.0 Å². The van der Waals surface area contributed by atoms with E-state index >= 15 is 0 Å². The normalized spacial score (nSPS) is 12.0. The number of hydrogen-bond acceptors (Lipinski definition) is 8. The van der Waals surface area contributed by atoms with Gasteiger partial charge in [0.2, 0.25) is 12.7 Å². The Morgan fingerprint density at radius 2 is 1.94 bits per heavy atom. The molecule has 0 radical (unpaired) electrons. The summed E-state index contributed by atoms with van der Waals surface area (Å²) >= 11 is 0. The smallest absolute Gasteiger partial charge is 0.273 e. The Hall–Kier alpha value is -4.08. The van der Waals surface area contributed by atoms with Gasteiger partial charge in [0, 0.05) is 24.9 Å². The van der Waals surface area contributed by atoms with Crippen LogP contribution in [0.2, 0.25) is 0 Å². The molecule has 0 atom stereocenters. The van der Waals surface area contributed by atoms with Crippen LogP contribution in [0.5, 0.6) is 23.0 Å². The summed E-state index contributed by atoms with van der Waals surface area (Å²) in [5, 5.41) is 11.0. The van der Waals surface area contributed by atoms with Gasteiger partial charge in [-0.3, -0.25) is 9.59 Å². The lowest BCUT2D eigenvalue weighted by atomic mass is 10.1. The van der Waals surface area contributed by atoms with E-state index in [2.05, 4.69) is 20.5 Å². The minimum Gasteiger partial charge on any atom is -0.493 e. The van der Waals surface area contributed by atoms with E-state index in [-0.39, 0.29) is 37.3 Å². The molecule has 1 aliphatic rings. The van der Waals surface area contributed by atoms with E-state index in [4.69, 9.17) is 18.9 Å². The van der Waals surface area contributed by atoms with Crippen LogP contribution in [0.4, 0.5) is 0 Å². The number of benzene rings is 2. The zero-order valence-electron chi connectivity index (χ0n) is 19.2. The Bertz CT molecular complexity index is 1240. The van der Waals surface area contributed by atoms with E-state index in [9.17, 15) is 9.59 Å². The van der Waals surface area contributed by atoms with E-state index in [0.29, 0.717) is 40.9 Å². The molecule has 4 rings (SSSR count). The highest BCUT2D eigenvalue weighted by molar-refractivity contribution is 5.76. The number of amides is 1. The number of nitrogens with zero attached hydrogens (tertiary/aromatic N) is 2. The third kappa shape index (κ3) is 5.45. The third-order valence-corrected chi connectivity index (χ3v) is 5.08. The summed E-state index contributed by atoms with van der Waals surface area (Å²) in [6.07, 6.45) is 0.268. The van der Waals surface area contributed by atoms with Crippen molar-refractivity contribution in [1.82, 2.24) is 20.5 Å². The minimum absolute atomic E-state index is 0.00662. The number of fused-ring (bicyclic) bond motifs is 1. The maximum absolute atomic E-state index is 12.5. The zero-order valence-corrected chi connectivity index (χ0v) is 19.2. The Kier molecular flexibility index (Phi) is 6.95. The van der Waals surface area contributed by atoms with Crippen LogP contribution in [0.3, 0.4) is 0 Å². The maximum Gasteiger partial charge on any atom is 0.273 e. The van der Waals surface area contributed by atoms with Crippen molar-refractivity contribution in [3.8, 4) is 34.4 Å². The average molecular weight is 466 g/mol. The molecule has 0 spiro atoms. The Morgan fingerprint density at radius 3 is 2.71 bits per heavy atom. The second-order valence-electron chi connectivity index (χ2n) is 7.95. The van der Waals surface area contributed by atoms with E-state index in [1.54, 1.807) is 31.4 Å². The van der Waals surface area contributed by atoms with Gasteiger partial charge >= 0.3 is 0 Å². The first kappa shape index (κ1) is 23.1. The first-order chi connectivity index (χ1) is 16.4. The van der Waals surface area contributed by atoms with E-state index in [0.717, 1.165) is 5.56 Å². The van der Waals surface area contributed by atoms with Crippen LogP contribution in [-0.2, 0) is 17.8 Å². The standard InChI is InChI=1S/C24H26N4O6/c1-14(2)34-19-8-5-16(11-20(19)31-3)23-26-24(30)17(27-28-23)6-9-22(29)25-12-15-4-7-18-21(10-15)33-13-32-18/h4-5,7-8,10-11,14H,6,9,12-13H2,1-3H3,(H,25,29)(H,26,28,30). The second-order valence-corrected chi connectivity index (χ2v) is 7.95. The molecule has 0 saturated carbocycles. The molecule has 34 heavy (non-hydrogen) atoms. The SMILES string of the molecule is COc1cc(-c2nnc(CCC(=O)NCc3ccc4c(c3)OCO4)c(=O)[nH]2)ccc1OC(C)C. The molecule has 1 aliphatic heterocycles. The van der Waals surface area contributed by atoms with Gasteiger partial charge in [-0.25, -0.2) is 0 Å². The van der Waals surface area contributed by atoms with Gasteiger partial charge < -0.3 is 29.2 Å². The number of aromatic amines is 1. The van der Waals surface area contributed by atoms with Crippen LogP contribution >= 0.6 is 0 Å². The summed E-state index contributed by atoms with van der Waals surface area (Å²) in [6, 6.07) is 10.7. The minimum atomic E-state index is -0.393. The molecule has 0 aliphatic carbocycles. The molecule has 3 aromatic rings. The highest BCUT2D eigenvalue weighted by Crippen LogP contribution is 2.33. The van der Waals surface area contributed by atoms with Crippen molar-refractivity contribution in [2.24, 2.45) is 0 Å². The number of hydrogen-bond donors (Lipinski definition) is 2. The summed E-state index contributed by atoms with van der Waals surface area (Å²) < 4.78 is 21.7. The van der Waals surface area contributed by atoms with Gasteiger partial charge in [0.1, 0.15) is 5.69 Å². The largest absolute Gasteiger partial charge is 0.493 e. The molecular formula is C24H26N4O6. The van der Waals surface area contributed by atoms with Crippen molar-refractivity contribution >= 4 is 5.91 Å². The summed E-state index contributed by atoms with van der Waals surface area (Å²) in [6.45, 7) is 4.39. The fourth-order valence-electron chi connectivity index (χ4n) is 3.39. The van der Waals surface area contributed by atoms with Crippen LogP contribution in [-0.4, -0.2) is 41.1 Å². The third-order valence-electron chi connectivity index (χ3n) is 5.08. The van der Waals surface area contributed by atoms with Crippen LogP contribution < -0.4 is 29.8 Å². The molecule has 2 heterocycles. The van der Waals surface area contributed by atoms with E-state index in [1.165, 1.54) is 0 Å². The summed E-state index contributed by atoms with van der Waals surface area (Å²) in [5.41, 5.74) is 1.31. The van der Waals surface area contributed by atoms with Gasteiger partial charge in [0.25, 0.3) is 5.56 Å². The number of H-pyrrole nitrogens is 1. The van der Waals surface area contributed by atoms with Crippen molar-refractivity contribution in [3.63, 3.8) is 0 Å². The molecule has 0 unspecified atom stereocenters. The predicted molar refractivity (Wildman–Crippen MR) is 123 cm³/mol. The lowest BCUT2D eigenvalue weighted by molar-refractivity contribution is -0.121. The number of carbonyl (C=O) groups excluding carboxylic acids is 1. The molecule has 10 nitrogen and oxygen atoms in total. The number of aromatic nitrogens is 3. The molecular weight excluding hydrogens is 440 g/mol. The molecule has 2 aromatic carbocycles. The second kappa shape index (κ2) is 10.2. The summed E-state index contributed by atoms with van der Waals surface area (Å²) in [5.74, 6) is 2.57. The van der Waals surface area contributed by atoms with Gasteiger partial charge in [-0.15, -0.1) is 10.2 Å². The van der Waals surface area contributed by atoms with Crippen molar-refractivity contribution in [2.75, 3.05) is 13.9 Å². The molecule has 10 heteroatoms. The van der Waals surface area contributed by atoms with Gasteiger partial charge in [-0.05, 0) is 49.7 Å². The quantitative estimate of drug-likeness (QED) is 0.493. The Balaban J connectivity index is 1.35. The van der Waals surface area contributed by atoms with Crippen LogP contribution in [0, 0.1) is 0 Å². The monoisotopic (exact) mass is 466 g/mol. The summed E-state index contributed by atoms with van der Waals surface area (Å²) in [7, 11) is 1.54. The van der Waals surface area contributed by atoms with E-state index < -0.39 is 5.56 Å². The lowest BCUT2D eigenvalue weighted by Gasteiger charge is -2.14. The molecule has 0 saturated heterocycles. The Morgan fingerprint density at radius 1 is 1.12 bits per heavy atom. The fraction of sp³-hybridized carbons (Fsp3) is 0.333. The highest BCUT2D eigenvalue weighted by atomic mass is 16.7. The first-order valence-corrected chi connectivity index (χ1v) is 10.9. The zero-order chi connectivity index (χ0) is 24.1. The van der Waals surface area contributed by atoms with E-state index in [1.807, 2.05) is 26.0 Å². The topological polar surface area (TPSA) is 125 Å². The van der Waals surface area contributed by atoms with Crippen molar-refractivity contribution in [2.45, 2.75) is 39.3 Å². The molecule has 1 aromatic heterocycles. The lowest BCUT2D eigenvalue weighted by Crippen LogP contribution is -2.25. The number of ether oxygens (including phenoxy) is 4. The molecule has 1 amide bonds. The Labute approximate surface area is 196 Å². The maximum atomic E-state index is 12.5. The first-order valence-electron chi connectivity index (χ1n) is 10.9. The van der Waals surface area contributed by atoms with Crippen molar-refractivity contribution in [1.29, 1.82) is 0 Å². The van der Waals surface area contributed by atoms with Crippen molar-refractivity contribution < 1.29 is 23.7 Å². The average Bonchev–Trinajstić information content (AvgIpc) is 3.30. The highest BCUT2D eigenvalue weighted by Gasteiger charge is 2.15. The van der Waals surface area contributed by atoms with Crippen LogP contribution in [0.15, 0.2) is 41.2 Å². The molecule has 0 fully saturated rings. The number of nitrogens with one attached hydrogen (secondary N) is 2. The van der Waals surface area contributed by atoms with Crippen LogP contribution in [0.25, 0.3) is 11.4 Å². The number of rotatable bonds is 9. The summed E-state index contributed by atoms with van der Waals surface area (Å²) in [4.78, 5) is 27.5. The van der Waals surface area contributed by atoms with Gasteiger partial charge in [0.05, 0.1) is 13.2 Å². The van der Waals surface area contributed by atoms with Gasteiger partial charge in [-0.1, -0.05) is 6.07 Å². The number of methoxy groups -OCH3 is 1.